The van der Waals surface area contributed by atoms with Gasteiger partial charge in [-0.05, 0) is 63.4 Å². The Hall–Kier alpha value is -2.30. The van der Waals surface area contributed by atoms with E-state index >= 15 is 0 Å². The van der Waals surface area contributed by atoms with E-state index in [1.807, 2.05) is 13.8 Å². The number of benzene rings is 1. The van der Waals surface area contributed by atoms with Crippen LogP contribution in [0, 0.1) is 13.8 Å². The monoisotopic (exact) mass is 290 g/mol. The number of hydrogen-bond donors (Lipinski definition) is 2. The van der Waals surface area contributed by atoms with Crippen molar-refractivity contribution in [1.29, 1.82) is 0 Å². The van der Waals surface area contributed by atoms with Gasteiger partial charge in [0.25, 0.3) is 0 Å². The van der Waals surface area contributed by atoms with Crippen molar-refractivity contribution in [3.63, 3.8) is 0 Å². The van der Waals surface area contributed by atoms with E-state index in [9.17, 15) is 9.59 Å². The summed E-state index contributed by atoms with van der Waals surface area (Å²) in [5.41, 5.74) is 7.89. The number of rotatable bonds is 3. The molecule has 1 aromatic carbocycles. The summed E-state index contributed by atoms with van der Waals surface area (Å²) in [6.45, 7) is 12.7. The van der Waals surface area contributed by atoms with Crippen molar-refractivity contribution in [2.24, 2.45) is 5.73 Å². The van der Waals surface area contributed by atoms with Gasteiger partial charge in [-0.1, -0.05) is 6.58 Å². The Bertz CT molecular complexity index is 575. The molecular formula is C16H22N2O3. The minimum atomic E-state index is -0.561. The minimum Gasteiger partial charge on any atom is -0.444 e. The van der Waals surface area contributed by atoms with Crippen molar-refractivity contribution in [3.8, 4) is 0 Å². The number of anilines is 1. The van der Waals surface area contributed by atoms with Gasteiger partial charge in [0.1, 0.15) is 5.60 Å². The average Bonchev–Trinajstić information content (AvgIpc) is 2.24. The zero-order valence-electron chi connectivity index (χ0n) is 13.2. The number of primary amides is 1. The molecule has 1 aromatic rings. The maximum Gasteiger partial charge on any atom is 0.412 e. The number of nitrogens with one attached hydrogen (secondary N) is 1. The van der Waals surface area contributed by atoms with Gasteiger partial charge in [-0.3, -0.25) is 10.1 Å². The largest absolute Gasteiger partial charge is 0.444 e. The van der Waals surface area contributed by atoms with Crippen molar-refractivity contribution in [2.45, 2.75) is 40.2 Å². The molecule has 0 spiro atoms. The summed E-state index contributed by atoms with van der Waals surface area (Å²) in [5.74, 6) is -0.561. The summed E-state index contributed by atoms with van der Waals surface area (Å²) in [5, 5.41) is 2.67. The lowest BCUT2D eigenvalue weighted by Gasteiger charge is -2.20. The highest BCUT2D eigenvalue weighted by atomic mass is 16.6. The minimum absolute atomic E-state index is 0.258. The van der Waals surface area contributed by atoms with Gasteiger partial charge in [0.15, 0.2) is 0 Å². The van der Waals surface area contributed by atoms with E-state index in [1.54, 1.807) is 32.9 Å². The second-order valence-corrected chi connectivity index (χ2v) is 5.95. The molecule has 3 N–H and O–H groups in total. The molecule has 5 nitrogen and oxygen atoms in total. The maximum atomic E-state index is 11.8. The number of ether oxygens (including phenoxy) is 1. The molecule has 5 heteroatoms. The standard InChI is InChI=1S/C16H22N2O3/c1-9-7-12(18-15(20)21-16(4,5)6)8-10(2)13(9)11(3)14(17)19/h7-8H,3H2,1-2,4-6H3,(H2,17,19)(H,18,20). The first-order valence-electron chi connectivity index (χ1n) is 6.61. The Labute approximate surface area is 125 Å². The van der Waals surface area contributed by atoms with Gasteiger partial charge in [0.05, 0.1) is 0 Å². The van der Waals surface area contributed by atoms with Crippen molar-refractivity contribution in [2.75, 3.05) is 5.32 Å². The van der Waals surface area contributed by atoms with Crippen LogP contribution >= 0.6 is 0 Å². The molecule has 0 fully saturated rings. The normalized spacial score (nSPS) is 10.9. The van der Waals surface area contributed by atoms with Crippen LogP contribution in [-0.4, -0.2) is 17.6 Å². The van der Waals surface area contributed by atoms with Gasteiger partial charge in [0.2, 0.25) is 5.91 Å². The number of carbonyl (C=O) groups excluding carboxylic acids is 2. The number of nitrogens with two attached hydrogens (primary N) is 1. The van der Waals surface area contributed by atoms with E-state index in [0.29, 0.717) is 11.3 Å². The summed E-state index contributed by atoms with van der Waals surface area (Å²) in [6, 6.07) is 3.50. The lowest BCUT2D eigenvalue weighted by Crippen LogP contribution is -2.27. The summed E-state index contributed by atoms with van der Waals surface area (Å²) >= 11 is 0. The highest BCUT2D eigenvalue weighted by Gasteiger charge is 2.17. The second kappa shape index (κ2) is 5.99. The van der Waals surface area contributed by atoms with E-state index in [2.05, 4.69) is 11.9 Å². The van der Waals surface area contributed by atoms with Crippen LogP contribution in [0.4, 0.5) is 10.5 Å². The van der Waals surface area contributed by atoms with Crippen LogP contribution in [0.15, 0.2) is 18.7 Å². The molecule has 0 bridgehead atoms. The van der Waals surface area contributed by atoms with Crippen LogP contribution in [0.25, 0.3) is 5.57 Å². The molecule has 0 saturated heterocycles. The Balaban J connectivity index is 3.02. The fourth-order valence-electron chi connectivity index (χ4n) is 2.06. The molecule has 0 aliphatic heterocycles. The summed E-state index contributed by atoms with van der Waals surface area (Å²) in [6.07, 6.45) is -0.525. The quantitative estimate of drug-likeness (QED) is 0.839. The Morgan fingerprint density at radius 1 is 1.19 bits per heavy atom. The third-order valence-corrected chi connectivity index (χ3v) is 2.78. The molecule has 2 amide bonds. The van der Waals surface area contributed by atoms with Crippen LogP contribution < -0.4 is 11.1 Å². The van der Waals surface area contributed by atoms with E-state index in [0.717, 1.165) is 11.1 Å². The molecule has 0 aliphatic rings. The van der Waals surface area contributed by atoms with Crippen LogP contribution in [0.3, 0.4) is 0 Å². The first-order valence-corrected chi connectivity index (χ1v) is 6.61. The SMILES string of the molecule is C=C(C(N)=O)c1c(C)cc(NC(=O)OC(C)(C)C)cc1C. The zero-order valence-corrected chi connectivity index (χ0v) is 13.2. The number of carbonyl (C=O) groups is 2. The molecule has 0 unspecified atom stereocenters. The van der Waals surface area contributed by atoms with Crippen molar-refractivity contribution in [1.82, 2.24) is 0 Å². The molecule has 0 saturated carbocycles. The van der Waals surface area contributed by atoms with Gasteiger partial charge >= 0.3 is 6.09 Å². The second-order valence-electron chi connectivity index (χ2n) is 5.95. The smallest absolute Gasteiger partial charge is 0.412 e. The van der Waals surface area contributed by atoms with Gasteiger partial charge < -0.3 is 10.5 Å². The third kappa shape index (κ3) is 4.63. The van der Waals surface area contributed by atoms with Crippen LogP contribution in [0.1, 0.15) is 37.5 Å². The van der Waals surface area contributed by atoms with E-state index in [1.165, 1.54) is 0 Å². The topological polar surface area (TPSA) is 81.4 Å². The fourth-order valence-corrected chi connectivity index (χ4v) is 2.06. The maximum absolute atomic E-state index is 11.8. The lowest BCUT2D eigenvalue weighted by atomic mass is 9.95. The summed E-state index contributed by atoms with van der Waals surface area (Å²) in [4.78, 5) is 23.0. The molecule has 0 radical (unpaired) electrons. The summed E-state index contributed by atoms with van der Waals surface area (Å²) in [7, 11) is 0. The molecule has 0 atom stereocenters. The van der Waals surface area contributed by atoms with Crippen LogP contribution in [-0.2, 0) is 9.53 Å². The predicted octanol–water partition coefficient (Wildman–Crippen LogP) is 3.15. The predicted molar refractivity (Wildman–Crippen MR) is 84.0 cm³/mol. The highest BCUT2D eigenvalue weighted by molar-refractivity contribution is 6.18. The van der Waals surface area contributed by atoms with Gasteiger partial charge in [-0.25, -0.2) is 4.79 Å². The molecule has 0 heterocycles. The molecule has 114 valence electrons. The highest BCUT2D eigenvalue weighted by Crippen LogP contribution is 2.26. The average molecular weight is 290 g/mol. The van der Waals surface area contributed by atoms with Gasteiger partial charge in [-0.2, -0.15) is 0 Å². The Morgan fingerprint density at radius 3 is 2.05 bits per heavy atom. The van der Waals surface area contributed by atoms with Crippen molar-refractivity contribution >= 4 is 23.3 Å². The first kappa shape index (κ1) is 16.8. The zero-order chi connectivity index (χ0) is 16.4. The first-order chi connectivity index (χ1) is 9.51. The van der Waals surface area contributed by atoms with Crippen LogP contribution in [0.2, 0.25) is 0 Å². The molecule has 1 rings (SSSR count). The lowest BCUT2D eigenvalue weighted by molar-refractivity contribution is -0.112. The molecular weight excluding hydrogens is 268 g/mol. The van der Waals surface area contributed by atoms with E-state index in [4.69, 9.17) is 10.5 Å². The number of amides is 2. The molecule has 21 heavy (non-hydrogen) atoms. The van der Waals surface area contributed by atoms with Gasteiger partial charge in [0, 0.05) is 11.3 Å². The van der Waals surface area contributed by atoms with Gasteiger partial charge in [-0.15, -0.1) is 0 Å². The molecule has 0 aromatic heterocycles. The van der Waals surface area contributed by atoms with Crippen molar-refractivity contribution < 1.29 is 14.3 Å². The number of hydrogen-bond acceptors (Lipinski definition) is 3. The summed E-state index contributed by atoms with van der Waals surface area (Å²) < 4.78 is 5.20. The third-order valence-electron chi connectivity index (χ3n) is 2.78. The van der Waals surface area contributed by atoms with Crippen LogP contribution in [0.5, 0.6) is 0 Å². The molecule has 0 aliphatic carbocycles. The Kier molecular flexibility index (Phi) is 4.78. The van der Waals surface area contributed by atoms with E-state index < -0.39 is 17.6 Å². The van der Waals surface area contributed by atoms with Crippen molar-refractivity contribution in [3.05, 3.63) is 35.4 Å². The van der Waals surface area contributed by atoms with E-state index in [-0.39, 0.29) is 5.57 Å². The fraction of sp³-hybridized carbons (Fsp3) is 0.375. The number of aryl methyl sites for hydroxylation is 2. The Morgan fingerprint density at radius 2 is 1.67 bits per heavy atom.